The van der Waals surface area contributed by atoms with E-state index in [-0.39, 0.29) is 6.04 Å². The lowest BCUT2D eigenvalue weighted by atomic mass is 10.3. The van der Waals surface area contributed by atoms with Gasteiger partial charge in [-0.1, -0.05) is 6.92 Å². The zero-order valence-corrected chi connectivity index (χ0v) is 11.1. The van der Waals surface area contributed by atoms with Crippen LogP contribution in [-0.4, -0.2) is 15.0 Å². The molecule has 0 fully saturated rings. The summed E-state index contributed by atoms with van der Waals surface area (Å²) in [7, 11) is 0. The second-order valence-electron chi connectivity index (χ2n) is 3.87. The Morgan fingerprint density at radius 3 is 2.71 bits per heavy atom. The molecular formula is C12H16N4S. The summed E-state index contributed by atoms with van der Waals surface area (Å²) < 4.78 is 0. The molecule has 0 saturated heterocycles. The topological polar surface area (TPSA) is 50.7 Å². The van der Waals surface area contributed by atoms with E-state index in [1.54, 1.807) is 23.7 Å². The predicted molar refractivity (Wildman–Crippen MR) is 70.3 cm³/mol. The molecule has 2 heterocycles. The number of aryl methyl sites for hydroxylation is 2. The zero-order chi connectivity index (χ0) is 12.3. The van der Waals surface area contributed by atoms with E-state index in [4.69, 9.17) is 0 Å². The molecule has 0 radical (unpaired) electrons. The number of anilines is 1. The van der Waals surface area contributed by atoms with Crippen LogP contribution in [0.15, 0.2) is 18.6 Å². The van der Waals surface area contributed by atoms with Gasteiger partial charge in [0.25, 0.3) is 0 Å². The maximum Gasteiger partial charge on any atom is 0.147 e. The van der Waals surface area contributed by atoms with Gasteiger partial charge in [0.15, 0.2) is 0 Å². The van der Waals surface area contributed by atoms with E-state index in [0.717, 1.165) is 22.9 Å². The summed E-state index contributed by atoms with van der Waals surface area (Å²) >= 11 is 1.74. The van der Waals surface area contributed by atoms with Crippen molar-refractivity contribution in [2.45, 2.75) is 33.2 Å². The van der Waals surface area contributed by atoms with Crippen LogP contribution < -0.4 is 5.32 Å². The molecule has 1 atom stereocenters. The van der Waals surface area contributed by atoms with Crippen molar-refractivity contribution in [2.75, 3.05) is 5.32 Å². The summed E-state index contributed by atoms with van der Waals surface area (Å²) in [5.74, 6) is 0.827. The second-order valence-corrected chi connectivity index (χ2v) is 5.02. The van der Waals surface area contributed by atoms with Crippen molar-refractivity contribution in [2.24, 2.45) is 0 Å². The molecule has 2 rings (SSSR count). The Hall–Kier alpha value is -1.49. The molecule has 0 amide bonds. The van der Waals surface area contributed by atoms with Gasteiger partial charge in [-0.15, -0.1) is 11.3 Å². The highest BCUT2D eigenvalue weighted by Gasteiger charge is 2.11. The first kappa shape index (κ1) is 12.0. The first-order valence-electron chi connectivity index (χ1n) is 5.69. The molecular weight excluding hydrogens is 232 g/mol. The summed E-state index contributed by atoms with van der Waals surface area (Å²) in [5, 5.41) is 4.43. The van der Waals surface area contributed by atoms with E-state index in [1.165, 1.54) is 4.88 Å². The summed E-state index contributed by atoms with van der Waals surface area (Å²) in [4.78, 5) is 14.2. The lowest BCUT2D eigenvalue weighted by Crippen LogP contribution is -2.09. The Kier molecular flexibility index (Phi) is 3.68. The van der Waals surface area contributed by atoms with Gasteiger partial charge < -0.3 is 5.32 Å². The summed E-state index contributed by atoms with van der Waals surface area (Å²) in [6.07, 6.45) is 6.38. The van der Waals surface area contributed by atoms with Gasteiger partial charge in [-0.25, -0.2) is 9.97 Å². The van der Waals surface area contributed by atoms with Gasteiger partial charge in [-0.3, -0.25) is 4.98 Å². The molecule has 1 N–H and O–H groups in total. The van der Waals surface area contributed by atoms with Crippen LogP contribution in [0.3, 0.4) is 0 Å². The molecule has 0 aromatic carbocycles. The maximum atomic E-state index is 4.42. The van der Waals surface area contributed by atoms with Gasteiger partial charge >= 0.3 is 0 Å². The quantitative estimate of drug-likeness (QED) is 0.903. The van der Waals surface area contributed by atoms with Gasteiger partial charge in [0, 0.05) is 23.5 Å². The van der Waals surface area contributed by atoms with Crippen LogP contribution in [0.5, 0.6) is 0 Å². The lowest BCUT2D eigenvalue weighted by molar-refractivity contribution is 0.853. The van der Waals surface area contributed by atoms with Crippen LogP contribution in [0, 0.1) is 6.92 Å². The van der Waals surface area contributed by atoms with Gasteiger partial charge in [0.05, 0.1) is 11.7 Å². The highest BCUT2D eigenvalue weighted by Crippen LogP contribution is 2.23. The van der Waals surface area contributed by atoms with Crippen molar-refractivity contribution in [3.63, 3.8) is 0 Å². The first-order valence-corrected chi connectivity index (χ1v) is 6.51. The molecule has 1 unspecified atom stereocenters. The highest BCUT2D eigenvalue weighted by molar-refractivity contribution is 7.11. The molecule has 2 aromatic rings. The lowest BCUT2D eigenvalue weighted by Gasteiger charge is -2.12. The minimum absolute atomic E-state index is 0.163. The smallest absolute Gasteiger partial charge is 0.147 e. The average molecular weight is 248 g/mol. The minimum atomic E-state index is 0.163. The van der Waals surface area contributed by atoms with Gasteiger partial charge in [0.1, 0.15) is 10.8 Å². The number of nitrogens with zero attached hydrogens (tertiary/aromatic N) is 3. The fourth-order valence-electron chi connectivity index (χ4n) is 1.50. The standard InChI is InChI=1S/C12H16N4S/c1-4-10-7-15-12(17-10)9(3)16-11-8(2)13-5-6-14-11/h5-7,9H,4H2,1-3H3,(H,14,16). The SMILES string of the molecule is CCc1cnc(C(C)Nc2nccnc2C)s1. The Labute approximate surface area is 105 Å². The molecule has 2 aromatic heterocycles. The van der Waals surface area contributed by atoms with E-state index in [9.17, 15) is 0 Å². The van der Waals surface area contributed by atoms with E-state index >= 15 is 0 Å². The molecule has 0 aliphatic rings. The van der Waals surface area contributed by atoms with Crippen LogP contribution in [0.25, 0.3) is 0 Å². The first-order chi connectivity index (χ1) is 8.20. The summed E-state index contributed by atoms with van der Waals surface area (Å²) in [6, 6.07) is 0.163. The Balaban J connectivity index is 2.11. The highest BCUT2D eigenvalue weighted by atomic mass is 32.1. The van der Waals surface area contributed by atoms with Crippen LogP contribution in [0.2, 0.25) is 0 Å². The van der Waals surface area contributed by atoms with Crippen molar-refractivity contribution in [1.29, 1.82) is 0 Å². The van der Waals surface area contributed by atoms with Gasteiger partial charge in [-0.2, -0.15) is 0 Å². The van der Waals surface area contributed by atoms with Crippen LogP contribution in [0.1, 0.15) is 35.5 Å². The second kappa shape index (κ2) is 5.23. The number of nitrogens with one attached hydrogen (secondary N) is 1. The molecule has 17 heavy (non-hydrogen) atoms. The van der Waals surface area contributed by atoms with Crippen molar-refractivity contribution in [3.05, 3.63) is 34.2 Å². The van der Waals surface area contributed by atoms with Gasteiger partial charge in [-0.05, 0) is 20.3 Å². The molecule has 0 spiro atoms. The third kappa shape index (κ3) is 2.79. The molecule has 90 valence electrons. The summed E-state index contributed by atoms with van der Waals surface area (Å²) in [5.41, 5.74) is 0.909. The molecule has 0 bridgehead atoms. The Bertz CT molecular complexity index is 495. The Morgan fingerprint density at radius 1 is 1.29 bits per heavy atom. The van der Waals surface area contributed by atoms with Crippen molar-refractivity contribution >= 4 is 17.2 Å². The van der Waals surface area contributed by atoms with Gasteiger partial charge in [0.2, 0.25) is 0 Å². The number of aromatic nitrogens is 3. The van der Waals surface area contributed by atoms with E-state index < -0.39 is 0 Å². The van der Waals surface area contributed by atoms with Crippen molar-refractivity contribution in [1.82, 2.24) is 15.0 Å². The molecule has 0 aliphatic heterocycles. The number of rotatable bonds is 4. The minimum Gasteiger partial charge on any atom is -0.360 e. The normalized spacial score (nSPS) is 12.4. The fraction of sp³-hybridized carbons (Fsp3) is 0.417. The Morgan fingerprint density at radius 2 is 2.06 bits per heavy atom. The summed E-state index contributed by atoms with van der Waals surface area (Å²) in [6.45, 7) is 6.18. The van der Waals surface area contributed by atoms with Crippen LogP contribution >= 0.6 is 11.3 Å². The van der Waals surface area contributed by atoms with Crippen LogP contribution in [-0.2, 0) is 6.42 Å². The number of hydrogen-bond acceptors (Lipinski definition) is 5. The van der Waals surface area contributed by atoms with E-state index in [2.05, 4.69) is 34.1 Å². The molecule has 5 heteroatoms. The van der Waals surface area contributed by atoms with E-state index in [0.29, 0.717) is 0 Å². The molecule has 0 saturated carbocycles. The fourth-order valence-corrected chi connectivity index (χ4v) is 2.36. The third-order valence-electron chi connectivity index (χ3n) is 2.52. The van der Waals surface area contributed by atoms with Crippen molar-refractivity contribution < 1.29 is 0 Å². The molecule has 4 nitrogen and oxygen atoms in total. The van der Waals surface area contributed by atoms with E-state index in [1.807, 2.05) is 13.1 Å². The average Bonchev–Trinajstić information content (AvgIpc) is 2.81. The maximum absolute atomic E-state index is 4.42. The third-order valence-corrected chi connectivity index (χ3v) is 3.85. The zero-order valence-electron chi connectivity index (χ0n) is 10.3. The number of hydrogen-bond donors (Lipinski definition) is 1. The monoisotopic (exact) mass is 248 g/mol. The van der Waals surface area contributed by atoms with Crippen molar-refractivity contribution in [3.8, 4) is 0 Å². The number of thiazole rings is 1. The molecule has 0 aliphatic carbocycles. The van der Waals surface area contributed by atoms with Crippen LogP contribution in [0.4, 0.5) is 5.82 Å². The largest absolute Gasteiger partial charge is 0.360 e. The predicted octanol–water partition coefficient (Wildman–Crippen LogP) is 2.98.